The Kier molecular flexibility index (Phi) is 3.18. The molecule has 3 heterocycles. The molecule has 0 unspecified atom stereocenters. The summed E-state index contributed by atoms with van der Waals surface area (Å²) in [5, 5.41) is 6.57. The Morgan fingerprint density at radius 3 is 1.29 bits per heavy atom. The van der Waals surface area contributed by atoms with E-state index in [1.807, 2.05) is 34.0 Å². The molecule has 0 aromatic carbocycles. The predicted octanol–water partition coefficient (Wildman–Crippen LogP) is 3.79. The van der Waals surface area contributed by atoms with Crippen LogP contribution in [0.5, 0.6) is 0 Å². The molecule has 3 rings (SSSR count). The molecule has 0 saturated carbocycles. The molecule has 0 atom stereocenters. The van der Waals surface area contributed by atoms with E-state index in [1.54, 1.807) is 0 Å². The van der Waals surface area contributed by atoms with Crippen LogP contribution in [0, 0.1) is 0 Å². The van der Waals surface area contributed by atoms with Crippen molar-refractivity contribution in [1.29, 1.82) is 0 Å². The standard InChI is InChI=1S/C13H12PS3/c1-14(11-5-2-8-15-11,12-6-3-9-16-12)13-7-4-10-17-13/h2-10H,1H3/q+1. The Balaban J connectivity index is 2.21. The lowest BCUT2D eigenvalue weighted by Crippen LogP contribution is -2.24. The molecule has 0 bridgehead atoms. The fourth-order valence-electron chi connectivity index (χ4n) is 1.90. The van der Waals surface area contributed by atoms with Crippen molar-refractivity contribution in [2.24, 2.45) is 0 Å². The molecule has 0 nitrogen and oxygen atoms in total. The van der Waals surface area contributed by atoms with E-state index in [9.17, 15) is 0 Å². The average Bonchev–Trinajstić information content (AvgIpc) is 3.10. The first-order valence-electron chi connectivity index (χ1n) is 5.30. The summed E-state index contributed by atoms with van der Waals surface area (Å²) in [6, 6.07) is 13.4. The van der Waals surface area contributed by atoms with Crippen LogP contribution in [0.15, 0.2) is 52.5 Å². The SMILES string of the molecule is C[P+](c1cccs1)(c1cccs1)c1cccs1. The molecule has 0 N–H and O–H groups in total. The van der Waals surface area contributed by atoms with Crippen LogP contribution < -0.4 is 13.9 Å². The fourth-order valence-corrected chi connectivity index (χ4v) is 10.4. The van der Waals surface area contributed by atoms with Crippen molar-refractivity contribution in [3.63, 3.8) is 0 Å². The van der Waals surface area contributed by atoms with Gasteiger partial charge >= 0.3 is 0 Å². The second-order valence-electron chi connectivity index (χ2n) is 3.86. The van der Waals surface area contributed by atoms with Crippen molar-refractivity contribution in [3.05, 3.63) is 52.5 Å². The van der Waals surface area contributed by atoms with Crippen LogP contribution in [0.2, 0.25) is 0 Å². The maximum absolute atomic E-state index is 2.44. The zero-order chi connectivity index (χ0) is 11.7. The number of hydrogen-bond acceptors (Lipinski definition) is 3. The Morgan fingerprint density at radius 1 is 0.706 bits per heavy atom. The van der Waals surface area contributed by atoms with E-state index in [0.29, 0.717) is 0 Å². The van der Waals surface area contributed by atoms with Gasteiger partial charge in [0.25, 0.3) is 0 Å². The number of thiophene rings is 3. The molecule has 0 amide bonds. The second-order valence-corrected chi connectivity index (χ2v) is 11.1. The molecule has 17 heavy (non-hydrogen) atoms. The van der Waals surface area contributed by atoms with E-state index in [2.05, 4.69) is 59.2 Å². The van der Waals surface area contributed by atoms with Gasteiger partial charge in [-0.2, -0.15) is 0 Å². The van der Waals surface area contributed by atoms with Crippen LogP contribution >= 0.6 is 41.3 Å². The Bertz CT molecular complexity index is 480. The van der Waals surface area contributed by atoms with Crippen LogP contribution in [0.4, 0.5) is 0 Å². The molecular formula is C13H12PS3+. The van der Waals surface area contributed by atoms with Gasteiger partial charge in [0.15, 0.2) is 13.9 Å². The van der Waals surface area contributed by atoms with Crippen molar-refractivity contribution in [2.45, 2.75) is 0 Å². The molecule has 3 aromatic rings. The number of rotatable bonds is 3. The van der Waals surface area contributed by atoms with Crippen LogP contribution in [0.3, 0.4) is 0 Å². The highest BCUT2D eigenvalue weighted by atomic mass is 32.1. The van der Waals surface area contributed by atoms with Gasteiger partial charge in [-0.15, -0.1) is 34.0 Å². The summed E-state index contributed by atoms with van der Waals surface area (Å²) in [6.45, 7) is 2.44. The minimum absolute atomic E-state index is 1.33. The third-order valence-corrected chi connectivity index (χ3v) is 12.2. The molecule has 0 saturated heterocycles. The lowest BCUT2D eigenvalue weighted by atomic mass is 10.7. The molecule has 0 aliphatic heterocycles. The van der Waals surface area contributed by atoms with Crippen LogP contribution in [0.1, 0.15) is 0 Å². The third-order valence-electron chi connectivity index (χ3n) is 2.84. The summed E-state index contributed by atoms with van der Waals surface area (Å²) in [5.41, 5.74) is 0. The molecule has 3 aromatic heterocycles. The molecule has 4 heteroatoms. The van der Waals surface area contributed by atoms with E-state index in [0.717, 1.165) is 0 Å². The van der Waals surface area contributed by atoms with Crippen LogP contribution in [-0.4, -0.2) is 6.66 Å². The largest absolute Gasteiger partial charge is 0.158 e. The van der Waals surface area contributed by atoms with Gasteiger partial charge in [0.1, 0.15) is 7.26 Å². The van der Waals surface area contributed by atoms with E-state index < -0.39 is 7.26 Å². The first-order chi connectivity index (χ1) is 8.32. The summed E-state index contributed by atoms with van der Waals surface area (Å²) in [4.78, 5) is 0. The van der Waals surface area contributed by atoms with Crippen LogP contribution in [-0.2, 0) is 0 Å². The Morgan fingerprint density at radius 2 is 1.06 bits per heavy atom. The van der Waals surface area contributed by atoms with Gasteiger partial charge in [-0.25, -0.2) is 0 Å². The Labute approximate surface area is 114 Å². The summed E-state index contributed by atoms with van der Waals surface area (Å²) < 4.78 is 4.59. The van der Waals surface area contributed by atoms with Crippen molar-refractivity contribution in [3.8, 4) is 0 Å². The lowest BCUT2D eigenvalue weighted by Gasteiger charge is -2.16. The van der Waals surface area contributed by atoms with E-state index in [-0.39, 0.29) is 0 Å². The second kappa shape index (κ2) is 4.66. The minimum atomic E-state index is -1.33. The van der Waals surface area contributed by atoms with Gasteiger partial charge in [0.2, 0.25) is 0 Å². The highest BCUT2D eigenvalue weighted by Gasteiger charge is 2.43. The topological polar surface area (TPSA) is 0 Å². The zero-order valence-corrected chi connectivity index (χ0v) is 12.7. The van der Waals surface area contributed by atoms with Gasteiger partial charge in [0, 0.05) is 0 Å². The highest BCUT2D eigenvalue weighted by Crippen LogP contribution is 2.54. The van der Waals surface area contributed by atoms with E-state index in [1.165, 1.54) is 13.9 Å². The van der Waals surface area contributed by atoms with Gasteiger partial charge in [-0.1, -0.05) is 0 Å². The minimum Gasteiger partial charge on any atom is -0.107 e. The molecular weight excluding hydrogens is 283 g/mol. The lowest BCUT2D eigenvalue weighted by molar-refractivity contribution is 2.01. The predicted molar refractivity (Wildman–Crippen MR) is 84.7 cm³/mol. The summed E-state index contributed by atoms with van der Waals surface area (Å²) in [6.07, 6.45) is 0. The highest BCUT2D eigenvalue weighted by molar-refractivity contribution is 8.03. The van der Waals surface area contributed by atoms with Crippen molar-refractivity contribution < 1.29 is 0 Å². The summed E-state index contributed by atoms with van der Waals surface area (Å²) in [5.74, 6) is 0. The smallest absolute Gasteiger partial charge is 0.107 e. The molecule has 0 aliphatic carbocycles. The van der Waals surface area contributed by atoms with Gasteiger partial charge in [0.05, 0.1) is 6.66 Å². The molecule has 0 spiro atoms. The normalized spacial score (nSPS) is 11.8. The first-order valence-corrected chi connectivity index (χ1v) is 10.2. The monoisotopic (exact) mass is 295 g/mol. The van der Waals surface area contributed by atoms with Crippen molar-refractivity contribution in [2.75, 3.05) is 6.66 Å². The summed E-state index contributed by atoms with van der Waals surface area (Å²) >= 11 is 5.67. The average molecular weight is 295 g/mol. The first kappa shape index (κ1) is 11.6. The van der Waals surface area contributed by atoms with Gasteiger partial charge in [-0.3, -0.25) is 0 Å². The maximum Gasteiger partial charge on any atom is 0.158 e. The molecule has 0 fully saturated rings. The maximum atomic E-state index is 2.44. The quantitative estimate of drug-likeness (QED) is 0.645. The third kappa shape index (κ3) is 1.92. The van der Waals surface area contributed by atoms with Gasteiger partial charge in [-0.05, 0) is 52.5 Å². The number of hydrogen-bond donors (Lipinski definition) is 0. The molecule has 86 valence electrons. The summed E-state index contributed by atoms with van der Waals surface area (Å²) in [7, 11) is -1.33. The van der Waals surface area contributed by atoms with E-state index in [4.69, 9.17) is 0 Å². The van der Waals surface area contributed by atoms with Gasteiger partial charge < -0.3 is 0 Å². The fraction of sp³-hybridized carbons (Fsp3) is 0.0769. The zero-order valence-electron chi connectivity index (χ0n) is 9.37. The molecule has 0 aliphatic rings. The van der Waals surface area contributed by atoms with Crippen molar-refractivity contribution in [1.82, 2.24) is 0 Å². The molecule has 0 radical (unpaired) electrons. The Hall–Kier alpha value is -0.470. The van der Waals surface area contributed by atoms with E-state index >= 15 is 0 Å². The van der Waals surface area contributed by atoms with Crippen LogP contribution in [0.25, 0.3) is 0 Å². The van der Waals surface area contributed by atoms with Crippen molar-refractivity contribution >= 4 is 55.1 Å².